The highest BCUT2D eigenvalue weighted by molar-refractivity contribution is 6.02. The lowest BCUT2D eigenvalue weighted by atomic mass is 9.79. The molecule has 0 amide bonds. The summed E-state index contributed by atoms with van der Waals surface area (Å²) in [7, 11) is 0. The number of nitrogens with one attached hydrogen (secondary N) is 1. The SMILES string of the molecule is CCC1=C(C2=NCCO2)C(c2cccc([N+](=O)[O-])c2)C(C(=O)O)=C(C)N1. The van der Waals surface area contributed by atoms with E-state index < -0.39 is 16.8 Å². The summed E-state index contributed by atoms with van der Waals surface area (Å²) < 4.78 is 5.62. The number of nitrogens with zero attached hydrogens (tertiary/aromatic N) is 2. The highest BCUT2D eigenvalue weighted by Crippen LogP contribution is 2.41. The molecule has 0 fully saturated rings. The first-order valence-electron chi connectivity index (χ1n) is 8.30. The highest BCUT2D eigenvalue weighted by atomic mass is 16.6. The summed E-state index contributed by atoms with van der Waals surface area (Å²) in [6, 6.07) is 6.05. The monoisotopic (exact) mass is 357 g/mol. The minimum absolute atomic E-state index is 0.0879. The number of nitro benzene ring substituents is 1. The van der Waals surface area contributed by atoms with E-state index in [0.29, 0.717) is 42.3 Å². The molecular weight excluding hydrogens is 338 g/mol. The number of carboxylic acids is 1. The highest BCUT2D eigenvalue weighted by Gasteiger charge is 2.38. The number of hydrogen-bond acceptors (Lipinski definition) is 6. The van der Waals surface area contributed by atoms with Gasteiger partial charge in [0, 0.05) is 29.1 Å². The van der Waals surface area contributed by atoms with E-state index in [4.69, 9.17) is 4.74 Å². The molecule has 0 radical (unpaired) electrons. The van der Waals surface area contributed by atoms with E-state index in [0.717, 1.165) is 5.70 Å². The topological polar surface area (TPSA) is 114 Å². The van der Waals surface area contributed by atoms with Crippen LogP contribution in [-0.2, 0) is 9.53 Å². The Morgan fingerprint density at radius 2 is 2.27 bits per heavy atom. The number of dihydropyridines is 1. The second kappa shape index (κ2) is 6.99. The van der Waals surface area contributed by atoms with Gasteiger partial charge in [0.05, 0.1) is 23.0 Å². The van der Waals surface area contributed by atoms with Crippen molar-refractivity contribution in [3.8, 4) is 0 Å². The lowest BCUT2D eigenvalue weighted by Crippen LogP contribution is -2.32. The maximum absolute atomic E-state index is 12.0. The third kappa shape index (κ3) is 3.05. The van der Waals surface area contributed by atoms with Gasteiger partial charge in [0.2, 0.25) is 5.90 Å². The van der Waals surface area contributed by atoms with Crippen LogP contribution in [0.1, 0.15) is 31.7 Å². The van der Waals surface area contributed by atoms with Crippen molar-refractivity contribution in [3.63, 3.8) is 0 Å². The van der Waals surface area contributed by atoms with Crippen molar-refractivity contribution < 1.29 is 19.6 Å². The van der Waals surface area contributed by atoms with E-state index in [-0.39, 0.29) is 11.3 Å². The molecule has 2 N–H and O–H groups in total. The largest absolute Gasteiger partial charge is 0.478 e. The predicted octanol–water partition coefficient (Wildman–Crippen LogP) is 2.73. The minimum Gasteiger partial charge on any atom is -0.478 e. The van der Waals surface area contributed by atoms with E-state index in [1.54, 1.807) is 19.1 Å². The van der Waals surface area contributed by atoms with E-state index in [1.807, 2.05) is 6.92 Å². The molecular formula is C18H19N3O5. The Bertz CT molecular complexity index is 869. The fraction of sp³-hybridized carbons (Fsp3) is 0.333. The molecule has 0 aliphatic carbocycles. The molecule has 3 rings (SSSR count). The maximum atomic E-state index is 12.0. The van der Waals surface area contributed by atoms with Gasteiger partial charge in [0.1, 0.15) is 6.61 Å². The summed E-state index contributed by atoms with van der Waals surface area (Å²) in [6.45, 7) is 4.57. The van der Waals surface area contributed by atoms with Gasteiger partial charge in [0.25, 0.3) is 5.69 Å². The number of carbonyl (C=O) groups is 1. The summed E-state index contributed by atoms with van der Waals surface area (Å²) in [5.41, 5.74) is 2.52. The third-order valence-corrected chi connectivity index (χ3v) is 4.46. The van der Waals surface area contributed by atoms with Crippen LogP contribution in [0.4, 0.5) is 5.69 Å². The van der Waals surface area contributed by atoms with Crippen molar-refractivity contribution in [3.05, 3.63) is 62.5 Å². The number of aliphatic imine (C=N–C) groups is 1. The van der Waals surface area contributed by atoms with E-state index in [2.05, 4.69) is 10.3 Å². The number of benzene rings is 1. The second-order valence-corrected chi connectivity index (χ2v) is 6.04. The normalized spacial score (nSPS) is 19.8. The molecule has 26 heavy (non-hydrogen) atoms. The standard InChI is InChI=1S/C18H19N3O5/c1-3-13-16(17-19-7-8-26-17)15(14(18(22)23)10(2)20-13)11-5-4-6-12(9-11)21(24)25/h4-6,9,15,20H,3,7-8H2,1-2H3,(H,22,23). The van der Waals surface area contributed by atoms with Crippen molar-refractivity contribution in [2.24, 2.45) is 4.99 Å². The Kier molecular flexibility index (Phi) is 4.75. The molecule has 0 aromatic heterocycles. The number of allylic oxidation sites excluding steroid dienone is 2. The lowest BCUT2D eigenvalue weighted by molar-refractivity contribution is -0.384. The minimum atomic E-state index is -1.09. The predicted molar refractivity (Wildman–Crippen MR) is 94.9 cm³/mol. The van der Waals surface area contributed by atoms with E-state index in [1.165, 1.54) is 12.1 Å². The Morgan fingerprint density at radius 1 is 1.50 bits per heavy atom. The molecule has 1 aromatic carbocycles. The van der Waals surface area contributed by atoms with Gasteiger partial charge < -0.3 is 15.2 Å². The average Bonchev–Trinajstić information content (AvgIpc) is 3.14. The van der Waals surface area contributed by atoms with Gasteiger partial charge in [0.15, 0.2) is 0 Å². The van der Waals surface area contributed by atoms with Crippen LogP contribution in [-0.4, -0.2) is 35.0 Å². The van der Waals surface area contributed by atoms with E-state index in [9.17, 15) is 20.0 Å². The Morgan fingerprint density at radius 3 is 2.85 bits per heavy atom. The molecule has 136 valence electrons. The van der Waals surface area contributed by atoms with Crippen molar-refractivity contribution in [2.45, 2.75) is 26.2 Å². The summed E-state index contributed by atoms with van der Waals surface area (Å²) in [5, 5.41) is 24.1. The van der Waals surface area contributed by atoms with Crippen molar-refractivity contribution in [1.82, 2.24) is 5.32 Å². The maximum Gasteiger partial charge on any atom is 0.334 e. The van der Waals surface area contributed by atoms with Gasteiger partial charge >= 0.3 is 5.97 Å². The third-order valence-electron chi connectivity index (χ3n) is 4.46. The number of ether oxygens (including phenoxy) is 1. The molecule has 8 nitrogen and oxygen atoms in total. The zero-order valence-corrected chi connectivity index (χ0v) is 14.5. The van der Waals surface area contributed by atoms with Crippen LogP contribution in [0.5, 0.6) is 0 Å². The fourth-order valence-corrected chi connectivity index (χ4v) is 3.36. The number of hydrogen-bond donors (Lipinski definition) is 2. The summed E-state index contributed by atoms with van der Waals surface area (Å²) in [4.78, 5) is 27.0. The zero-order chi connectivity index (χ0) is 18.8. The molecule has 2 aliphatic heterocycles. The van der Waals surface area contributed by atoms with Crippen LogP contribution >= 0.6 is 0 Å². The van der Waals surface area contributed by atoms with Gasteiger partial charge in [-0.05, 0) is 18.9 Å². The first-order chi connectivity index (χ1) is 12.4. The number of carboxylic acid groups (broad SMARTS) is 1. The first kappa shape index (κ1) is 17.7. The van der Waals surface area contributed by atoms with Gasteiger partial charge in [-0.3, -0.25) is 10.1 Å². The average molecular weight is 357 g/mol. The number of aliphatic carboxylic acids is 1. The van der Waals surface area contributed by atoms with Crippen molar-refractivity contribution in [2.75, 3.05) is 13.2 Å². The van der Waals surface area contributed by atoms with Gasteiger partial charge in [-0.25, -0.2) is 9.79 Å². The summed E-state index contributed by atoms with van der Waals surface area (Å²) in [6.07, 6.45) is 0.618. The molecule has 2 heterocycles. The first-order valence-corrected chi connectivity index (χ1v) is 8.30. The van der Waals surface area contributed by atoms with Gasteiger partial charge in [-0.2, -0.15) is 0 Å². The number of nitro groups is 1. The van der Waals surface area contributed by atoms with Crippen LogP contribution < -0.4 is 5.32 Å². The molecule has 1 atom stereocenters. The van der Waals surface area contributed by atoms with Gasteiger partial charge in [-0.1, -0.05) is 19.1 Å². The van der Waals surface area contributed by atoms with Crippen LogP contribution in [0.25, 0.3) is 0 Å². The van der Waals surface area contributed by atoms with Crippen molar-refractivity contribution >= 4 is 17.6 Å². The molecule has 0 saturated carbocycles. The second-order valence-electron chi connectivity index (χ2n) is 6.04. The molecule has 8 heteroatoms. The molecule has 1 aromatic rings. The zero-order valence-electron chi connectivity index (χ0n) is 14.5. The van der Waals surface area contributed by atoms with Crippen LogP contribution in [0.2, 0.25) is 0 Å². The van der Waals surface area contributed by atoms with Crippen molar-refractivity contribution in [1.29, 1.82) is 0 Å². The lowest BCUT2D eigenvalue weighted by Gasteiger charge is -2.31. The van der Waals surface area contributed by atoms with Crippen LogP contribution in [0.3, 0.4) is 0 Å². The Hall–Kier alpha value is -3.16. The summed E-state index contributed by atoms with van der Waals surface area (Å²) in [5.74, 6) is -1.38. The smallest absolute Gasteiger partial charge is 0.334 e. The molecule has 0 spiro atoms. The molecule has 2 aliphatic rings. The Balaban J connectivity index is 2.23. The Labute approximate surface area is 150 Å². The van der Waals surface area contributed by atoms with E-state index >= 15 is 0 Å². The quantitative estimate of drug-likeness (QED) is 0.619. The number of non-ortho nitro benzene ring substituents is 1. The van der Waals surface area contributed by atoms with Crippen LogP contribution in [0.15, 0.2) is 51.8 Å². The fourth-order valence-electron chi connectivity index (χ4n) is 3.36. The molecule has 0 bridgehead atoms. The molecule has 1 unspecified atom stereocenters. The number of rotatable bonds is 5. The van der Waals surface area contributed by atoms with Gasteiger partial charge in [-0.15, -0.1) is 0 Å². The molecule has 0 saturated heterocycles. The summed E-state index contributed by atoms with van der Waals surface area (Å²) >= 11 is 0. The van der Waals surface area contributed by atoms with Crippen LogP contribution in [0, 0.1) is 10.1 Å².